The van der Waals surface area contributed by atoms with Gasteiger partial charge >= 0.3 is 0 Å². The molecule has 0 aliphatic heterocycles. The average Bonchev–Trinajstić information content (AvgIpc) is 2.42. The quantitative estimate of drug-likeness (QED) is 0.581. The van der Waals surface area contributed by atoms with Crippen LogP contribution in [0.1, 0.15) is 29.7 Å². The standard InChI is InChI=1S/C11H12N2S3/c12-9-8-6-4-2-1-3-5-7(6)15-10(8)13-11(14)16-9/h1-5,12H2. The van der Waals surface area contributed by atoms with Crippen molar-refractivity contribution in [3.63, 3.8) is 0 Å². The summed E-state index contributed by atoms with van der Waals surface area (Å²) in [7, 11) is 0. The first kappa shape index (κ1) is 10.6. The molecule has 16 heavy (non-hydrogen) atoms. The Kier molecular flexibility index (Phi) is 2.69. The van der Waals surface area contributed by atoms with E-state index in [-0.39, 0.29) is 0 Å². The van der Waals surface area contributed by atoms with Crippen molar-refractivity contribution in [3.05, 3.63) is 14.4 Å². The van der Waals surface area contributed by atoms with Crippen LogP contribution < -0.4 is 5.73 Å². The fourth-order valence-electron chi connectivity index (χ4n) is 2.31. The molecule has 0 saturated heterocycles. The number of aryl methyl sites for hydroxylation is 2. The van der Waals surface area contributed by atoms with Crippen molar-refractivity contribution in [2.75, 3.05) is 5.73 Å². The van der Waals surface area contributed by atoms with E-state index in [0.29, 0.717) is 3.95 Å². The molecule has 3 rings (SSSR count). The number of nitrogens with zero attached hydrogens (tertiary/aromatic N) is 1. The highest BCUT2D eigenvalue weighted by molar-refractivity contribution is 7.73. The van der Waals surface area contributed by atoms with E-state index in [1.54, 1.807) is 11.3 Å². The number of fused-ring (bicyclic) bond motifs is 3. The van der Waals surface area contributed by atoms with Crippen molar-refractivity contribution in [3.8, 4) is 0 Å². The van der Waals surface area contributed by atoms with Crippen LogP contribution in [0.15, 0.2) is 0 Å². The second-order valence-electron chi connectivity index (χ2n) is 4.09. The summed E-state index contributed by atoms with van der Waals surface area (Å²) in [5, 5.41) is 2.05. The summed E-state index contributed by atoms with van der Waals surface area (Å²) >= 11 is 8.35. The minimum Gasteiger partial charge on any atom is -0.390 e. The number of thiophene rings is 1. The first-order valence-corrected chi connectivity index (χ1v) is 7.50. The maximum absolute atomic E-state index is 6.10. The molecule has 1 aliphatic rings. The molecule has 0 radical (unpaired) electrons. The Hall–Kier alpha value is -0.520. The predicted molar refractivity (Wildman–Crippen MR) is 74.0 cm³/mol. The molecule has 2 N–H and O–H groups in total. The lowest BCUT2D eigenvalue weighted by molar-refractivity contribution is 0.713. The fourth-order valence-corrected chi connectivity index (χ4v) is 4.78. The summed E-state index contributed by atoms with van der Waals surface area (Å²) in [5.74, 6) is 0. The monoisotopic (exact) mass is 268 g/mol. The van der Waals surface area contributed by atoms with E-state index in [1.165, 1.54) is 52.8 Å². The van der Waals surface area contributed by atoms with E-state index in [0.717, 1.165) is 16.3 Å². The van der Waals surface area contributed by atoms with Crippen LogP contribution in [0.3, 0.4) is 0 Å². The lowest BCUT2D eigenvalue weighted by atomic mass is 10.1. The maximum Gasteiger partial charge on any atom is 0.183 e. The summed E-state index contributed by atoms with van der Waals surface area (Å²) < 4.78 is 0.654. The zero-order valence-corrected chi connectivity index (χ0v) is 11.2. The van der Waals surface area contributed by atoms with Gasteiger partial charge in [-0.1, -0.05) is 17.8 Å². The molecule has 1 aliphatic carbocycles. The Balaban J connectivity index is 2.34. The summed E-state index contributed by atoms with van der Waals surface area (Å²) in [6.45, 7) is 0. The fraction of sp³-hybridized carbons (Fsp3) is 0.455. The van der Waals surface area contributed by atoms with Gasteiger partial charge in [0.25, 0.3) is 0 Å². The Morgan fingerprint density at radius 1 is 1.12 bits per heavy atom. The van der Waals surface area contributed by atoms with Crippen LogP contribution in [-0.2, 0) is 12.8 Å². The van der Waals surface area contributed by atoms with Crippen LogP contribution in [0.5, 0.6) is 0 Å². The van der Waals surface area contributed by atoms with Crippen molar-refractivity contribution >= 4 is 50.1 Å². The number of rotatable bonds is 0. The summed E-state index contributed by atoms with van der Waals surface area (Å²) in [6.07, 6.45) is 6.25. The number of nitrogens with two attached hydrogens (primary N) is 1. The van der Waals surface area contributed by atoms with Crippen molar-refractivity contribution in [2.45, 2.75) is 32.1 Å². The number of anilines is 1. The topological polar surface area (TPSA) is 38.9 Å². The molecule has 5 heteroatoms. The first-order valence-electron chi connectivity index (χ1n) is 5.46. The van der Waals surface area contributed by atoms with Gasteiger partial charge in [0.1, 0.15) is 4.83 Å². The maximum atomic E-state index is 6.10. The molecular weight excluding hydrogens is 256 g/mol. The third-order valence-electron chi connectivity index (χ3n) is 3.04. The highest BCUT2D eigenvalue weighted by Crippen LogP contribution is 2.38. The highest BCUT2D eigenvalue weighted by Gasteiger charge is 2.17. The van der Waals surface area contributed by atoms with Gasteiger partial charge in [0.2, 0.25) is 0 Å². The Morgan fingerprint density at radius 3 is 2.81 bits per heavy atom. The molecule has 0 fully saturated rings. The Labute approximate surface area is 107 Å². The van der Waals surface area contributed by atoms with E-state index in [1.807, 2.05) is 0 Å². The number of nitrogen functional groups attached to an aromatic ring is 1. The van der Waals surface area contributed by atoms with Crippen molar-refractivity contribution in [1.29, 1.82) is 0 Å². The zero-order chi connectivity index (χ0) is 11.1. The molecule has 0 unspecified atom stereocenters. The second kappa shape index (κ2) is 4.05. The van der Waals surface area contributed by atoms with E-state index in [9.17, 15) is 0 Å². The molecule has 0 aromatic carbocycles. The van der Waals surface area contributed by atoms with Crippen molar-refractivity contribution in [2.24, 2.45) is 0 Å². The molecule has 0 spiro atoms. The normalized spacial score (nSPS) is 16.0. The minimum atomic E-state index is 0.654. The van der Waals surface area contributed by atoms with Crippen LogP contribution in [0, 0.1) is 3.95 Å². The molecule has 84 valence electrons. The summed E-state index contributed by atoms with van der Waals surface area (Å²) in [6, 6.07) is 0. The van der Waals surface area contributed by atoms with Crippen LogP contribution in [0.25, 0.3) is 10.2 Å². The Bertz CT molecular complexity index is 597. The first-order chi connectivity index (χ1) is 7.75. The molecule has 0 atom stereocenters. The molecule has 2 aromatic rings. The van der Waals surface area contributed by atoms with Crippen LogP contribution >= 0.6 is 34.9 Å². The van der Waals surface area contributed by atoms with E-state index in [2.05, 4.69) is 4.98 Å². The Morgan fingerprint density at radius 2 is 1.94 bits per heavy atom. The van der Waals surface area contributed by atoms with E-state index < -0.39 is 0 Å². The van der Waals surface area contributed by atoms with Gasteiger partial charge in [0.05, 0.1) is 5.00 Å². The predicted octanol–water partition coefficient (Wildman–Crippen LogP) is 3.94. The minimum absolute atomic E-state index is 0.654. The molecule has 0 bridgehead atoms. The van der Waals surface area contributed by atoms with E-state index in [4.69, 9.17) is 18.0 Å². The van der Waals surface area contributed by atoms with Gasteiger partial charge in [-0.25, -0.2) is 4.98 Å². The molecule has 2 heterocycles. The lowest BCUT2D eigenvalue weighted by Gasteiger charge is -2.00. The number of hydrogen-bond donors (Lipinski definition) is 1. The zero-order valence-electron chi connectivity index (χ0n) is 8.78. The largest absolute Gasteiger partial charge is 0.390 e. The SMILES string of the molecule is Nc1sc(=S)nc2sc3c(c12)CCCCC3. The van der Waals surface area contributed by atoms with Gasteiger partial charge < -0.3 is 5.73 Å². The summed E-state index contributed by atoms with van der Waals surface area (Å²) in [4.78, 5) is 6.98. The third-order valence-corrected chi connectivity index (χ3v) is 5.26. The van der Waals surface area contributed by atoms with Gasteiger partial charge in [0, 0.05) is 10.3 Å². The number of hydrogen-bond acceptors (Lipinski definition) is 5. The molecule has 2 nitrogen and oxygen atoms in total. The van der Waals surface area contributed by atoms with Gasteiger partial charge in [-0.2, -0.15) is 0 Å². The number of aromatic nitrogens is 1. The molecule has 0 saturated carbocycles. The average molecular weight is 268 g/mol. The van der Waals surface area contributed by atoms with Crippen LogP contribution in [0.4, 0.5) is 5.00 Å². The second-order valence-corrected chi connectivity index (χ2v) is 6.85. The van der Waals surface area contributed by atoms with Crippen LogP contribution in [0.2, 0.25) is 0 Å². The molecule has 2 aromatic heterocycles. The van der Waals surface area contributed by atoms with E-state index >= 15 is 0 Å². The van der Waals surface area contributed by atoms with Crippen LogP contribution in [-0.4, -0.2) is 4.98 Å². The van der Waals surface area contributed by atoms with Gasteiger partial charge in [0.15, 0.2) is 3.95 Å². The third kappa shape index (κ3) is 1.67. The van der Waals surface area contributed by atoms with Crippen molar-refractivity contribution < 1.29 is 0 Å². The molecule has 0 amide bonds. The molecular formula is C11H12N2S3. The van der Waals surface area contributed by atoms with Crippen molar-refractivity contribution in [1.82, 2.24) is 4.98 Å². The highest BCUT2D eigenvalue weighted by atomic mass is 32.1. The smallest absolute Gasteiger partial charge is 0.183 e. The summed E-state index contributed by atoms with van der Waals surface area (Å²) in [5.41, 5.74) is 7.55. The van der Waals surface area contributed by atoms with Gasteiger partial charge in [-0.05, 0) is 43.5 Å². The van der Waals surface area contributed by atoms with Gasteiger partial charge in [-0.15, -0.1) is 11.3 Å². The lowest BCUT2D eigenvalue weighted by Crippen LogP contribution is -1.89. The van der Waals surface area contributed by atoms with Gasteiger partial charge in [-0.3, -0.25) is 0 Å².